The molecule has 2 aliphatic rings. The molecule has 0 saturated carbocycles. The number of furan rings is 1. The molecule has 0 N–H and O–H groups in total. The first-order valence-electron chi connectivity index (χ1n) is 17.9. The van der Waals surface area contributed by atoms with Crippen LogP contribution in [0.1, 0.15) is 0 Å². The van der Waals surface area contributed by atoms with Gasteiger partial charge < -0.3 is 14.2 Å². The molecule has 2 aliphatic heterocycles. The minimum absolute atomic E-state index is 0.0727. The topological polar surface area (TPSA) is 19.6 Å². The fraction of sp³-hybridized carbons (Fsp3) is 0. The number of hydrogen-bond acceptors (Lipinski definition) is 3. The van der Waals surface area contributed by atoms with Crippen molar-refractivity contribution in [1.82, 2.24) is 0 Å². The quantitative estimate of drug-likeness (QED) is 0.175. The predicted molar refractivity (Wildman–Crippen MR) is 219 cm³/mol. The van der Waals surface area contributed by atoms with Crippen LogP contribution in [0.4, 0.5) is 34.1 Å². The van der Waals surface area contributed by atoms with Crippen molar-refractivity contribution < 1.29 is 4.42 Å². The molecule has 11 rings (SSSR count). The lowest BCUT2D eigenvalue weighted by Gasteiger charge is -2.44. The maximum Gasteiger partial charge on any atom is 0.252 e. The van der Waals surface area contributed by atoms with E-state index in [1.165, 1.54) is 61.4 Å². The molecule has 0 amide bonds. The summed E-state index contributed by atoms with van der Waals surface area (Å²) in [5, 5.41) is 2.31. The van der Waals surface area contributed by atoms with Gasteiger partial charge in [0.1, 0.15) is 11.2 Å². The highest BCUT2D eigenvalue weighted by Crippen LogP contribution is 2.44. The summed E-state index contributed by atoms with van der Waals surface area (Å²) < 4.78 is 6.21. The average molecular weight is 663 g/mol. The van der Waals surface area contributed by atoms with Crippen LogP contribution in [0.3, 0.4) is 0 Å². The van der Waals surface area contributed by atoms with Gasteiger partial charge in [-0.2, -0.15) is 0 Å². The molecule has 242 valence electrons. The minimum atomic E-state index is 0.0727. The van der Waals surface area contributed by atoms with Crippen LogP contribution in [0.2, 0.25) is 0 Å². The first kappa shape index (κ1) is 29.0. The fourth-order valence-corrected chi connectivity index (χ4v) is 8.64. The Morgan fingerprint density at radius 2 is 0.942 bits per heavy atom. The van der Waals surface area contributed by atoms with Crippen LogP contribution in [-0.2, 0) is 0 Å². The number of fused-ring (bicyclic) bond motifs is 7. The van der Waals surface area contributed by atoms with Crippen LogP contribution in [0.25, 0.3) is 44.2 Å². The van der Waals surface area contributed by atoms with E-state index in [1.807, 2.05) is 12.1 Å². The Bertz CT molecular complexity index is 2790. The number of hydrogen-bond donors (Lipinski definition) is 0. The van der Waals surface area contributed by atoms with E-state index in [-0.39, 0.29) is 6.71 Å². The molecule has 0 fully saturated rings. The highest BCUT2D eigenvalue weighted by molar-refractivity contribution is 7.00. The zero-order valence-electron chi connectivity index (χ0n) is 28.3. The van der Waals surface area contributed by atoms with Crippen molar-refractivity contribution in [2.24, 2.45) is 0 Å². The molecule has 4 heteroatoms. The van der Waals surface area contributed by atoms with Crippen LogP contribution in [0, 0.1) is 0 Å². The van der Waals surface area contributed by atoms with Gasteiger partial charge in [-0.1, -0.05) is 127 Å². The lowest BCUT2D eigenvalue weighted by atomic mass is 9.33. The van der Waals surface area contributed by atoms with Gasteiger partial charge in [0.2, 0.25) is 0 Å². The van der Waals surface area contributed by atoms with E-state index in [9.17, 15) is 0 Å². The van der Waals surface area contributed by atoms with Gasteiger partial charge in [-0.25, -0.2) is 0 Å². The number of benzene rings is 8. The van der Waals surface area contributed by atoms with Crippen molar-refractivity contribution in [2.45, 2.75) is 0 Å². The molecule has 1 aromatic heterocycles. The molecule has 3 heterocycles. The van der Waals surface area contributed by atoms with E-state index in [0.29, 0.717) is 0 Å². The molecule has 3 nitrogen and oxygen atoms in total. The summed E-state index contributed by atoms with van der Waals surface area (Å²) in [5.41, 5.74) is 17.7. The first-order valence-corrected chi connectivity index (χ1v) is 17.9. The monoisotopic (exact) mass is 662 g/mol. The maximum absolute atomic E-state index is 6.21. The number of para-hydroxylation sites is 4. The molecular formula is C48H31BN2O. The Hall–Kier alpha value is -6.78. The Balaban J connectivity index is 1.09. The van der Waals surface area contributed by atoms with Crippen molar-refractivity contribution in [3.63, 3.8) is 0 Å². The van der Waals surface area contributed by atoms with Crippen molar-refractivity contribution in [1.29, 1.82) is 0 Å². The normalized spacial score (nSPS) is 12.9. The molecule has 0 atom stereocenters. The lowest BCUT2D eigenvalue weighted by molar-refractivity contribution is 0.669. The van der Waals surface area contributed by atoms with Gasteiger partial charge in [-0.3, -0.25) is 0 Å². The van der Waals surface area contributed by atoms with E-state index >= 15 is 0 Å². The SMILES string of the molecule is c1ccc(N2c3ccccc3B3c4cc(-c5ccc(-c6cccc7oc8ccccc8c67)cc5)ccc4N(c4ccccc4)c4cccc2c43)cc1. The van der Waals surface area contributed by atoms with E-state index < -0.39 is 0 Å². The third-order valence-electron chi connectivity index (χ3n) is 10.9. The van der Waals surface area contributed by atoms with Crippen molar-refractivity contribution in [2.75, 3.05) is 9.80 Å². The number of anilines is 6. The van der Waals surface area contributed by atoms with Crippen LogP contribution in [0.15, 0.2) is 192 Å². The van der Waals surface area contributed by atoms with Gasteiger partial charge in [0.15, 0.2) is 0 Å². The lowest BCUT2D eigenvalue weighted by Crippen LogP contribution is -2.61. The standard InChI is InChI=1S/C48H31BN2O/c1-3-13-35(14-4-1)50-41-20-9-8-19-39(41)49-40-31-34(29-30-42(40)51(36-15-5-2-6-16-36)44-22-12-21-43(50)48(44)49)32-25-27-33(28-26-32)37-18-11-24-46-47(37)38-17-7-10-23-45(38)52-46/h1-31H. The molecule has 8 aromatic carbocycles. The van der Waals surface area contributed by atoms with Gasteiger partial charge in [0.25, 0.3) is 6.71 Å². The smallest absolute Gasteiger partial charge is 0.252 e. The summed E-state index contributed by atoms with van der Waals surface area (Å²) >= 11 is 0. The second-order valence-electron chi connectivity index (χ2n) is 13.7. The maximum atomic E-state index is 6.21. The van der Waals surface area contributed by atoms with E-state index in [4.69, 9.17) is 4.42 Å². The van der Waals surface area contributed by atoms with Crippen molar-refractivity contribution in [3.8, 4) is 22.3 Å². The van der Waals surface area contributed by atoms with E-state index in [1.54, 1.807) is 0 Å². The Morgan fingerprint density at radius 3 is 1.69 bits per heavy atom. The summed E-state index contributed by atoms with van der Waals surface area (Å²) in [5.74, 6) is 0. The minimum Gasteiger partial charge on any atom is -0.456 e. The van der Waals surface area contributed by atoms with Crippen LogP contribution in [0.5, 0.6) is 0 Å². The highest BCUT2D eigenvalue weighted by atomic mass is 16.3. The van der Waals surface area contributed by atoms with Gasteiger partial charge in [0.05, 0.1) is 0 Å². The summed E-state index contributed by atoms with van der Waals surface area (Å²) in [6.07, 6.45) is 0. The summed E-state index contributed by atoms with van der Waals surface area (Å²) in [6, 6.07) is 68.0. The molecule has 0 saturated heterocycles. The van der Waals surface area contributed by atoms with Crippen LogP contribution in [-0.4, -0.2) is 6.71 Å². The highest BCUT2D eigenvalue weighted by Gasteiger charge is 2.43. The number of nitrogens with zero attached hydrogens (tertiary/aromatic N) is 2. The molecular weight excluding hydrogens is 631 g/mol. The van der Waals surface area contributed by atoms with E-state index in [0.717, 1.165) is 33.3 Å². The molecule has 0 aliphatic carbocycles. The Kier molecular flexibility index (Phi) is 6.35. The van der Waals surface area contributed by atoms with Crippen LogP contribution >= 0.6 is 0 Å². The second-order valence-corrected chi connectivity index (χ2v) is 13.7. The molecule has 0 bridgehead atoms. The Morgan fingerprint density at radius 1 is 0.385 bits per heavy atom. The van der Waals surface area contributed by atoms with E-state index in [2.05, 4.69) is 186 Å². The third-order valence-corrected chi connectivity index (χ3v) is 10.9. The number of rotatable bonds is 4. The second kappa shape index (κ2) is 11.4. The Labute approximate surface area is 302 Å². The predicted octanol–water partition coefficient (Wildman–Crippen LogP) is 11.0. The molecule has 9 aromatic rings. The summed E-state index contributed by atoms with van der Waals surface area (Å²) in [6.45, 7) is 0.0727. The third kappa shape index (κ3) is 4.28. The summed E-state index contributed by atoms with van der Waals surface area (Å²) in [4.78, 5) is 4.88. The molecule has 52 heavy (non-hydrogen) atoms. The van der Waals surface area contributed by atoms with Crippen molar-refractivity contribution >= 4 is 79.2 Å². The zero-order valence-corrected chi connectivity index (χ0v) is 28.3. The first-order chi connectivity index (χ1) is 25.8. The van der Waals surface area contributed by atoms with Crippen LogP contribution < -0.4 is 26.2 Å². The van der Waals surface area contributed by atoms with Gasteiger partial charge >= 0.3 is 0 Å². The average Bonchev–Trinajstić information content (AvgIpc) is 3.60. The fourth-order valence-electron chi connectivity index (χ4n) is 8.64. The molecule has 0 unspecified atom stereocenters. The van der Waals surface area contributed by atoms with Gasteiger partial charge in [-0.05, 0) is 99.3 Å². The summed E-state index contributed by atoms with van der Waals surface area (Å²) in [7, 11) is 0. The zero-order chi connectivity index (χ0) is 34.2. The van der Waals surface area contributed by atoms with Gasteiger partial charge in [-0.15, -0.1) is 0 Å². The largest absolute Gasteiger partial charge is 0.456 e. The van der Waals surface area contributed by atoms with Crippen molar-refractivity contribution in [3.05, 3.63) is 188 Å². The van der Waals surface area contributed by atoms with Gasteiger partial charge in [0, 0.05) is 44.9 Å². The molecule has 0 spiro atoms. The molecule has 0 radical (unpaired) electrons.